The molecule has 0 aliphatic heterocycles. The van der Waals surface area contributed by atoms with Gasteiger partial charge in [-0.05, 0) is 15.9 Å². The fourth-order valence-corrected chi connectivity index (χ4v) is 2.45. The third kappa shape index (κ3) is 3.13. The van der Waals surface area contributed by atoms with Crippen LogP contribution in [0, 0.1) is 0 Å². The fourth-order valence-electron chi connectivity index (χ4n) is 1.63. The molecule has 0 saturated carbocycles. The summed E-state index contributed by atoms with van der Waals surface area (Å²) in [6.07, 6.45) is 0. The molecule has 0 aromatic carbocycles. The van der Waals surface area contributed by atoms with Crippen molar-refractivity contribution in [2.24, 2.45) is 7.05 Å². The lowest BCUT2D eigenvalue weighted by molar-refractivity contribution is -0.142. The fraction of sp³-hybridized carbons (Fsp3) is 0.545. The number of ether oxygens (including phenoxy) is 1. The highest BCUT2D eigenvalue weighted by molar-refractivity contribution is 9.10. The average Bonchev–Trinajstić information content (AvgIpc) is 2.33. The monoisotopic (exact) mass is 334 g/mol. The Morgan fingerprint density at radius 3 is 2.47 bits per heavy atom. The van der Waals surface area contributed by atoms with E-state index in [-0.39, 0.29) is 22.7 Å². The van der Waals surface area contributed by atoms with Crippen LogP contribution in [0.3, 0.4) is 0 Å². The molecule has 0 aliphatic carbocycles. The molecule has 0 unspecified atom stereocenters. The molecule has 0 radical (unpaired) electrons. The number of aromatic nitrogens is 2. The van der Waals surface area contributed by atoms with E-state index in [1.54, 1.807) is 6.92 Å². The van der Waals surface area contributed by atoms with Crippen LogP contribution in [-0.4, -0.2) is 29.0 Å². The van der Waals surface area contributed by atoms with E-state index in [1.165, 1.54) is 21.1 Å². The van der Waals surface area contributed by atoms with Crippen LogP contribution in [0.1, 0.15) is 25.5 Å². The molecule has 1 atom stereocenters. The Morgan fingerprint density at radius 2 is 2.00 bits per heavy atom. The number of nitrogens with zero attached hydrogens (tertiary/aromatic N) is 2. The Bertz CT molecular complexity index is 604. The van der Waals surface area contributed by atoms with E-state index >= 15 is 0 Å². The first-order valence-corrected chi connectivity index (χ1v) is 6.29. The highest BCUT2D eigenvalue weighted by Gasteiger charge is 2.22. The van der Waals surface area contributed by atoms with Gasteiger partial charge in [0.15, 0.2) is 0 Å². The zero-order valence-electron chi connectivity index (χ0n) is 11.1. The van der Waals surface area contributed by atoms with Crippen molar-refractivity contribution >= 4 is 21.9 Å². The van der Waals surface area contributed by atoms with Gasteiger partial charge in [0, 0.05) is 27.0 Å². The second kappa shape index (κ2) is 6.16. The van der Waals surface area contributed by atoms with Gasteiger partial charge in [0.25, 0.3) is 5.56 Å². The molecule has 1 rings (SSSR count). The average molecular weight is 335 g/mol. The SMILES string of the molecule is COC[C@@H](C)c1c(Br)c(=O)n(C)c(=O)n1OC(C)=O. The van der Waals surface area contributed by atoms with Crippen LogP contribution < -0.4 is 16.1 Å². The quantitative estimate of drug-likeness (QED) is 0.776. The summed E-state index contributed by atoms with van der Waals surface area (Å²) in [5.41, 5.74) is -0.946. The lowest BCUT2D eigenvalue weighted by Gasteiger charge is -2.18. The number of carbonyl (C=O) groups is 1. The van der Waals surface area contributed by atoms with Gasteiger partial charge in [-0.15, -0.1) is 4.73 Å². The molecular weight excluding hydrogens is 320 g/mol. The maximum absolute atomic E-state index is 12.0. The first-order valence-electron chi connectivity index (χ1n) is 5.50. The molecule has 0 spiro atoms. The van der Waals surface area contributed by atoms with Gasteiger partial charge in [-0.25, -0.2) is 9.59 Å². The predicted octanol–water partition coefficient (Wildman–Crippen LogP) is 0.0345. The van der Waals surface area contributed by atoms with Crippen LogP contribution in [0.4, 0.5) is 0 Å². The van der Waals surface area contributed by atoms with Gasteiger partial charge < -0.3 is 9.57 Å². The van der Waals surface area contributed by atoms with Crippen molar-refractivity contribution in [3.63, 3.8) is 0 Å². The molecule has 106 valence electrons. The van der Waals surface area contributed by atoms with E-state index < -0.39 is 17.2 Å². The van der Waals surface area contributed by atoms with Gasteiger partial charge in [-0.2, -0.15) is 0 Å². The molecule has 0 N–H and O–H groups in total. The zero-order chi connectivity index (χ0) is 14.7. The number of rotatable bonds is 4. The second-order valence-corrected chi connectivity index (χ2v) is 4.87. The van der Waals surface area contributed by atoms with E-state index in [1.807, 2.05) is 0 Å². The number of methoxy groups -OCH3 is 1. The number of hydrogen-bond acceptors (Lipinski definition) is 5. The van der Waals surface area contributed by atoms with Crippen LogP contribution in [0.5, 0.6) is 0 Å². The van der Waals surface area contributed by atoms with Crippen molar-refractivity contribution in [2.75, 3.05) is 13.7 Å². The van der Waals surface area contributed by atoms with Crippen LogP contribution in [0.15, 0.2) is 14.1 Å². The topological polar surface area (TPSA) is 79.5 Å². The van der Waals surface area contributed by atoms with Crippen LogP contribution >= 0.6 is 15.9 Å². The summed E-state index contributed by atoms with van der Waals surface area (Å²) in [5, 5.41) is 0. The summed E-state index contributed by atoms with van der Waals surface area (Å²) in [6, 6.07) is 0. The summed E-state index contributed by atoms with van der Waals surface area (Å²) in [6.45, 7) is 3.20. The van der Waals surface area contributed by atoms with E-state index in [2.05, 4.69) is 15.9 Å². The predicted molar refractivity (Wildman–Crippen MR) is 71.2 cm³/mol. The summed E-state index contributed by atoms with van der Waals surface area (Å²) in [4.78, 5) is 39.8. The Morgan fingerprint density at radius 1 is 1.42 bits per heavy atom. The van der Waals surface area contributed by atoms with Gasteiger partial charge in [0.1, 0.15) is 4.47 Å². The number of hydrogen-bond donors (Lipinski definition) is 0. The van der Waals surface area contributed by atoms with Gasteiger partial charge in [0.2, 0.25) is 0 Å². The van der Waals surface area contributed by atoms with Gasteiger partial charge in [0.05, 0.1) is 12.3 Å². The number of carbonyl (C=O) groups excluding carboxylic acids is 1. The van der Waals surface area contributed by atoms with Crippen LogP contribution in [-0.2, 0) is 16.6 Å². The summed E-state index contributed by atoms with van der Waals surface area (Å²) in [5.74, 6) is -0.959. The second-order valence-electron chi connectivity index (χ2n) is 4.08. The van der Waals surface area contributed by atoms with Gasteiger partial charge in [-0.3, -0.25) is 9.36 Å². The molecule has 19 heavy (non-hydrogen) atoms. The minimum atomic E-state index is -0.721. The van der Waals surface area contributed by atoms with E-state index in [9.17, 15) is 14.4 Å². The largest absolute Gasteiger partial charge is 0.384 e. The molecule has 0 aliphatic rings. The summed E-state index contributed by atoms with van der Waals surface area (Å²) < 4.78 is 6.84. The standard InChI is InChI=1S/C11H15BrN2O5/c1-6(5-18-4)9-8(12)10(16)13(3)11(17)14(9)19-7(2)15/h6H,5H2,1-4H3/t6-/m1/s1. The van der Waals surface area contributed by atoms with Crippen molar-refractivity contribution in [2.45, 2.75) is 19.8 Å². The molecule has 0 saturated heterocycles. The van der Waals surface area contributed by atoms with Gasteiger partial charge >= 0.3 is 11.7 Å². The lowest BCUT2D eigenvalue weighted by atomic mass is 10.1. The Hall–Kier alpha value is -1.41. The van der Waals surface area contributed by atoms with Crippen molar-refractivity contribution in [1.29, 1.82) is 0 Å². The third-order valence-corrected chi connectivity index (χ3v) is 3.25. The smallest absolute Gasteiger partial charge is 0.364 e. The van der Waals surface area contributed by atoms with Crippen LogP contribution in [0.2, 0.25) is 0 Å². The maximum Gasteiger partial charge on any atom is 0.364 e. The zero-order valence-corrected chi connectivity index (χ0v) is 12.7. The first kappa shape index (κ1) is 15.6. The van der Waals surface area contributed by atoms with Crippen molar-refractivity contribution in [3.8, 4) is 0 Å². The van der Waals surface area contributed by atoms with Crippen molar-refractivity contribution < 1.29 is 14.4 Å². The number of halogens is 1. The minimum Gasteiger partial charge on any atom is -0.384 e. The molecule has 1 aromatic rings. The molecule has 7 nitrogen and oxygen atoms in total. The molecule has 1 heterocycles. The van der Waals surface area contributed by atoms with Crippen molar-refractivity contribution in [1.82, 2.24) is 9.30 Å². The van der Waals surface area contributed by atoms with Gasteiger partial charge in [-0.1, -0.05) is 6.92 Å². The summed E-state index contributed by atoms with van der Waals surface area (Å²) in [7, 11) is 2.81. The molecule has 0 fully saturated rings. The van der Waals surface area contributed by atoms with E-state index in [0.29, 0.717) is 0 Å². The Labute approximate surface area is 117 Å². The molecule has 0 bridgehead atoms. The van der Waals surface area contributed by atoms with Crippen LogP contribution in [0.25, 0.3) is 0 Å². The molecule has 0 amide bonds. The maximum atomic E-state index is 12.0. The molecule has 8 heteroatoms. The first-order chi connectivity index (χ1) is 8.81. The van der Waals surface area contributed by atoms with Crippen molar-refractivity contribution in [3.05, 3.63) is 31.0 Å². The Kier molecular flexibility index (Phi) is 5.07. The summed E-state index contributed by atoms with van der Waals surface area (Å²) >= 11 is 3.14. The van der Waals surface area contributed by atoms with E-state index in [0.717, 1.165) is 9.30 Å². The highest BCUT2D eigenvalue weighted by Crippen LogP contribution is 2.20. The third-order valence-electron chi connectivity index (χ3n) is 2.50. The molecule has 1 aromatic heterocycles. The highest BCUT2D eigenvalue weighted by atomic mass is 79.9. The van der Waals surface area contributed by atoms with E-state index in [4.69, 9.17) is 9.57 Å². The lowest BCUT2D eigenvalue weighted by Crippen LogP contribution is -2.44. The minimum absolute atomic E-state index is 0.167. The normalized spacial score (nSPS) is 12.3. The molecular formula is C11H15BrN2O5. The Balaban J connectivity index is 3.61.